The van der Waals surface area contributed by atoms with Crippen LogP contribution in [0.5, 0.6) is 0 Å². The van der Waals surface area contributed by atoms with Gasteiger partial charge in [-0.3, -0.25) is 0 Å². The molecule has 9 heavy (non-hydrogen) atoms. The van der Waals surface area contributed by atoms with Gasteiger partial charge in [-0.1, -0.05) is 53.4 Å². The standard InChI is InChI=1S/C6H14.C3H6/c1-5-6(2,3)4;1-2-3-1/h5H2,1-4H3;1-3H2. The molecule has 0 bridgehead atoms. The van der Waals surface area contributed by atoms with Gasteiger partial charge in [0.1, 0.15) is 0 Å². The summed E-state index contributed by atoms with van der Waals surface area (Å²) < 4.78 is 0. The number of hydrogen-bond acceptors (Lipinski definition) is 0. The van der Waals surface area contributed by atoms with Crippen molar-refractivity contribution in [3.05, 3.63) is 0 Å². The minimum Gasteiger partial charge on any atom is -0.0649 e. The van der Waals surface area contributed by atoms with Gasteiger partial charge < -0.3 is 0 Å². The molecule has 0 heteroatoms. The van der Waals surface area contributed by atoms with Crippen LogP contribution in [0.25, 0.3) is 0 Å². The lowest BCUT2D eigenvalue weighted by molar-refractivity contribution is 0.398. The van der Waals surface area contributed by atoms with E-state index >= 15 is 0 Å². The van der Waals surface area contributed by atoms with Crippen LogP contribution in [0.2, 0.25) is 0 Å². The highest BCUT2D eigenvalue weighted by Crippen LogP contribution is 2.16. The van der Waals surface area contributed by atoms with Crippen molar-refractivity contribution in [2.75, 3.05) is 0 Å². The highest BCUT2D eigenvalue weighted by molar-refractivity contribution is 4.55. The lowest BCUT2D eigenvalue weighted by Crippen LogP contribution is -2.00. The van der Waals surface area contributed by atoms with Gasteiger partial charge in [0.2, 0.25) is 0 Å². The van der Waals surface area contributed by atoms with Crippen molar-refractivity contribution in [1.29, 1.82) is 0 Å². The molecule has 0 aromatic heterocycles. The first-order valence-electron chi connectivity index (χ1n) is 4.06. The monoisotopic (exact) mass is 128 g/mol. The van der Waals surface area contributed by atoms with E-state index in [1.807, 2.05) is 0 Å². The highest BCUT2D eigenvalue weighted by atomic mass is 14.1. The average Bonchev–Trinajstić information content (AvgIpc) is 2.45. The Bertz CT molecular complexity index is 52.2. The summed E-state index contributed by atoms with van der Waals surface area (Å²) in [7, 11) is 0. The van der Waals surface area contributed by atoms with Gasteiger partial charge >= 0.3 is 0 Å². The summed E-state index contributed by atoms with van der Waals surface area (Å²) in [5.41, 5.74) is 0.542. The van der Waals surface area contributed by atoms with E-state index in [-0.39, 0.29) is 0 Å². The van der Waals surface area contributed by atoms with Gasteiger partial charge in [0.25, 0.3) is 0 Å². The smallest absolute Gasteiger partial charge is 0.0385 e. The van der Waals surface area contributed by atoms with Crippen molar-refractivity contribution >= 4 is 0 Å². The van der Waals surface area contributed by atoms with Crippen LogP contribution in [0.4, 0.5) is 0 Å². The van der Waals surface area contributed by atoms with Crippen LogP contribution in [0, 0.1) is 5.41 Å². The number of hydrogen-bond donors (Lipinski definition) is 0. The summed E-state index contributed by atoms with van der Waals surface area (Å²) in [4.78, 5) is 0. The minimum atomic E-state index is 0.542. The molecule has 0 N–H and O–H groups in total. The van der Waals surface area contributed by atoms with Crippen LogP contribution in [0.3, 0.4) is 0 Å². The molecule has 0 aromatic carbocycles. The summed E-state index contributed by atoms with van der Waals surface area (Å²) in [6, 6.07) is 0. The fourth-order valence-corrected chi connectivity index (χ4v) is 0. The molecule has 56 valence electrons. The molecule has 1 aliphatic rings. The summed E-state index contributed by atoms with van der Waals surface area (Å²) in [6.07, 6.45) is 5.77. The van der Waals surface area contributed by atoms with Crippen LogP contribution in [0.15, 0.2) is 0 Å². The fourth-order valence-electron chi connectivity index (χ4n) is 0. The van der Waals surface area contributed by atoms with E-state index in [0.717, 1.165) is 0 Å². The van der Waals surface area contributed by atoms with Crippen LogP contribution < -0.4 is 0 Å². The highest BCUT2D eigenvalue weighted by Gasteiger charge is 2.03. The molecule has 0 spiro atoms. The first-order valence-corrected chi connectivity index (χ1v) is 4.06. The maximum absolute atomic E-state index is 2.24. The molecular weight excluding hydrogens is 108 g/mol. The second kappa shape index (κ2) is 3.92. The van der Waals surface area contributed by atoms with E-state index in [9.17, 15) is 0 Å². The first-order chi connectivity index (χ1) is 4.06. The molecule has 1 fully saturated rings. The molecular formula is C9H20. The van der Waals surface area contributed by atoms with Gasteiger partial charge in [-0.2, -0.15) is 0 Å². The quantitative estimate of drug-likeness (QED) is 0.467. The molecule has 1 saturated carbocycles. The molecule has 0 saturated heterocycles. The van der Waals surface area contributed by atoms with E-state index in [2.05, 4.69) is 27.7 Å². The van der Waals surface area contributed by atoms with Crippen LogP contribution in [0.1, 0.15) is 53.4 Å². The molecule has 0 atom stereocenters. The van der Waals surface area contributed by atoms with Crippen molar-refractivity contribution in [3.8, 4) is 0 Å². The molecule has 1 rings (SSSR count). The van der Waals surface area contributed by atoms with Crippen molar-refractivity contribution in [2.24, 2.45) is 5.41 Å². The second-order valence-electron chi connectivity index (χ2n) is 3.97. The summed E-state index contributed by atoms with van der Waals surface area (Å²) in [5.74, 6) is 0. The lowest BCUT2D eigenvalue weighted by atomic mass is 9.94. The van der Waals surface area contributed by atoms with E-state index in [4.69, 9.17) is 0 Å². The van der Waals surface area contributed by atoms with Gasteiger partial charge in [-0.25, -0.2) is 0 Å². The second-order valence-corrected chi connectivity index (χ2v) is 3.97. The van der Waals surface area contributed by atoms with Gasteiger partial charge in [0.05, 0.1) is 0 Å². The third kappa shape index (κ3) is 18.0. The first kappa shape index (κ1) is 9.00. The Morgan fingerprint density at radius 1 is 1.00 bits per heavy atom. The summed E-state index contributed by atoms with van der Waals surface area (Å²) in [5, 5.41) is 0. The van der Waals surface area contributed by atoms with Crippen molar-refractivity contribution in [3.63, 3.8) is 0 Å². The zero-order valence-corrected chi connectivity index (χ0v) is 7.33. The maximum Gasteiger partial charge on any atom is -0.0385 e. The normalized spacial score (nSPS) is 16.0. The van der Waals surface area contributed by atoms with Gasteiger partial charge in [0, 0.05) is 0 Å². The maximum atomic E-state index is 2.24. The zero-order valence-electron chi connectivity index (χ0n) is 7.33. The fraction of sp³-hybridized carbons (Fsp3) is 1.00. The van der Waals surface area contributed by atoms with Crippen molar-refractivity contribution < 1.29 is 0 Å². The third-order valence-corrected chi connectivity index (χ3v) is 1.41. The molecule has 0 radical (unpaired) electrons. The Kier molecular flexibility index (Phi) is 3.92. The Morgan fingerprint density at radius 2 is 1.22 bits per heavy atom. The van der Waals surface area contributed by atoms with E-state index < -0.39 is 0 Å². The van der Waals surface area contributed by atoms with Crippen LogP contribution in [-0.2, 0) is 0 Å². The van der Waals surface area contributed by atoms with Crippen LogP contribution >= 0.6 is 0 Å². The predicted octanol–water partition coefficient (Wildman–Crippen LogP) is 3.61. The Morgan fingerprint density at radius 3 is 1.22 bits per heavy atom. The van der Waals surface area contributed by atoms with E-state index in [0.29, 0.717) is 5.41 Å². The molecule has 0 amide bonds. The molecule has 0 unspecified atom stereocenters. The van der Waals surface area contributed by atoms with Crippen molar-refractivity contribution in [2.45, 2.75) is 53.4 Å². The minimum absolute atomic E-state index is 0.542. The number of rotatable bonds is 0. The summed E-state index contributed by atoms with van der Waals surface area (Å²) >= 11 is 0. The molecule has 1 aliphatic carbocycles. The Labute approximate surface area is 59.7 Å². The van der Waals surface area contributed by atoms with E-state index in [1.54, 1.807) is 0 Å². The largest absolute Gasteiger partial charge is 0.0649 e. The Balaban J connectivity index is 0.000000173. The zero-order chi connectivity index (χ0) is 7.33. The molecule has 0 aliphatic heterocycles. The Hall–Kier alpha value is 0. The van der Waals surface area contributed by atoms with E-state index in [1.165, 1.54) is 25.7 Å². The predicted molar refractivity (Wildman–Crippen MR) is 43.6 cm³/mol. The average molecular weight is 128 g/mol. The third-order valence-electron chi connectivity index (χ3n) is 1.41. The van der Waals surface area contributed by atoms with Gasteiger partial charge in [0.15, 0.2) is 0 Å². The van der Waals surface area contributed by atoms with Crippen LogP contribution in [-0.4, -0.2) is 0 Å². The van der Waals surface area contributed by atoms with Crippen molar-refractivity contribution in [1.82, 2.24) is 0 Å². The SMILES string of the molecule is C1CC1.CCC(C)(C)C. The van der Waals surface area contributed by atoms with Gasteiger partial charge in [-0.05, 0) is 5.41 Å². The van der Waals surface area contributed by atoms with Gasteiger partial charge in [-0.15, -0.1) is 0 Å². The summed E-state index contributed by atoms with van der Waals surface area (Å²) in [6.45, 7) is 8.94. The topological polar surface area (TPSA) is 0 Å². The molecule has 0 nitrogen and oxygen atoms in total. The molecule has 0 heterocycles. The lowest BCUT2D eigenvalue weighted by Gasteiger charge is -2.12. The molecule has 0 aromatic rings.